The number of nitrogens with zero attached hydrogens (tertiary/aromatic N) is 1. The summed E-state index contributed by atoms with van der Waals surface area (Å²) >= 11 is 0. The van der Waals surface area contributed by atoms with Gasteiger partial charge in [0.05, 0.1) is 18.8 Å². The number of amides is 1. The van der Waals surface area contributed by atoms with Gasteiger partial charge in [-0.15, -0.1) is 0 Å². The summed E-state index contributed by atoms with van der Waals surface area (Å²) in [6, 6.07) is 3.56. The number of aromatic nitrogens is 1. The Balaban J connectivity index is 2.58. The van der Waals surface area contributed by atoms with Crippen molar-refractivity contribution in [2.24, 2.45) is 0 Å². The minimum atomic E-state index is -0.514. The largest absolute Gasteiger partial charge is 0.444 e. The number of aliphatic hydroxyl groups excluding tert-OH is 1. The number of alkyl carbamates (subject to hydrolysis) is 1. The molecule has 0 unspecified atom stereocenters. The van der Waals surface area contributed by atoms with Gasteiger partial charge < -0.3 is 15.2 Å². The van der Waals surface area contributed by atoms with Crippen molar-refractivity contribution in [2.75, 3.05) is 0 Å². The second-order valence-corrected chi connectivity index (χ2v) is 5.12. The predicted molar refractivity (Wildman–Crippen MR) is 68.0 cm³/mol. The standard InChI is InChI=1S/C13H20N2O3/c1-9-5-10(8-16)6-11(15-9)7-14-12(17)18-13(2,3)4/h5-6,16H,7-8H2,1-4H3,(H,14,17). The van der Waals surface area contributed by atoms with Crippen molar-refractivity contribution in [1.82, 2.24) is 10.3 Å². The van der Waals surface area contributed by atoms with Gasteiger partial charge in [-0.2, -0.15) is 0 Å². The third kappa shape index (κ3) is 5.14. The van der Waals surface area contributed by atoms with Gasteiger partial charge >= 0.3 is 6.09 Å². The molecule has 0 aliphatic carbocycles. The number of pyridine rings is 1. The van der Waals surface area contributed by atoms with E-state index in [4.69, 9.17) is 9.84 Å². The molecule has 1 aromatic rings. The van der Waals surface area contributed by atoms with Crippen LogP contribution in [0.2, 0.25) is 0 Å². The van der Waals surface area contributed by atoms with Crippen LogP contribution >= 0.6 is 0 Å². The number of ether oxygens (including phenoxy) is 1. The predicted octanol–water partition coefficient (Wildman–Crippen LogP) is 1.91. The van der Waals surface area contributed by atoms with E-state index in [9.17, 15) is 4.79 Å². The molecule has 0 bridgehead atoms. The van der Waals surface area contributed by atoms with Crippen molar-refractivity contribution in [3.63, 3.8) is 0 Å². The lowest BCUT2D eigenvalue weighted by Gasteiger charge is -2.19. The van der Waals surface area contributed by atoms with E-state index < -0.39 is 11.7 Å². The summed E-state index contributed by atoms with van der Waals surface area (Å²) < 4.78 is 5.12. The molecule has 0 aliphatic rings. The van der Waals surface area contributed by atoms with Crippen molar-refractivity contribution in [3.8, 4) is 0 Å². The van der Waals surface area contributed by atoms with Crippen LogP contribution in [0.3, 0.4) is 0 Å². The summed E-state index contributed by atoms with van der Waals surface area (Å²) in [5.41, 5.74) is 1.77. The van der Waals surface area contributed by atoms with E-state index in [1.807, 2.05) is 6.92 Å². The zero-order valence-electron chi connectivity index (χ0n) is 11.3. The molecule has 100 valence electrons. The third-order valence-electron chi connectivity index (χ3n) is 2.06. The highest BCUT2D eigenvalue weighted by Crippen LogP contribution is 2.08. The Morgan fingerprint density at radius 2 is 2.11 bits per heavy atom. The number of rotatable bonds is 3. The molecular formula is C13H20N2O3. The number of aryl methyl sites for hydroxylation is 1. The van der Waals surface area contributed by atoms with Crippen molar-refractivity contribution >= 4 is 6.09 Å². The molecule has 0 aromatic carbocycles. The highest BCUT2D eigenvalue weighted by molar-refractivity contribution is 5.67. The van der Waals surface area contributed by atoms with E-state index in [1.165, 1.54) is 0 Å². The number of carbonyl (C=O) groups is 1. The van der Waals surface area contributed by atoms with Gasteiger partial charge in [-0.3, -0.25) is 4.98 Å². The van der Waals surface area contributed by atoms with Crippen molar-refractivity contribution < 1.29 is 14.6 Å². The first-order valence-corrected chi connectivity index (χ1v) is 5.84. The Kier molecular flexibility index (Phi) is 4.67. The maximum atomic E-state index is 11.5. The van der Waals surface area contributed by atoms with E-state index in [-0.39, 0.29) is 13.2 Å². The second kappa shape index (κ2) is 5.82. The molecule has 2 N–H and O–H groups in total. The number of hydrogen-bond acceptors (Lipinski definition) is 4. The lowest BCUT2D eigenvalue weighted by atomic mass is 10.2. The molecule has 1 heterocycles. The smallest absolute Gasteiger partial charge is 0.407 e. The molecule has 0 saturated carbocycles. The maximum Gasteiger partial charge on any atom is 0.407 e. The van der Waals surface area contributed by atoms with E-state index in [2.05, 4.69) is 10.3 Å². The molecule has 0 spiro atoms. The Morgan fingerprint density at radius 3 is 2.67 bits per heavy atom. The fourth-order valence-corrected chi connectivity index (χ4v) is 1.47. The summed E-state index contributed by atoms with van der Waals surface area (Å²) in [4.78, 5) is 15.7. The molecular weight excluding hydrogens is 232 g/mol. The second-order valence-electron chi connectivity index (χ2n) is 5.12. The molecule has 1 amide bonds. The molecule has 1 aromatic heterocycles. The van der Waals surface area contributed by atoms with Gasteiger partial charge in [0.15, 0.2) is 0 Å². The molecule has 0 aliphatic heterocycles. The Morgan fingerprint density at radius 1 is 1.44 bits per heavy atom. The lowest BCUT2D eigenvalue weighted by molar-refractivity contribution is 0.0523. The fourth-order valence-electron chi connectivity index (χ4n) is 1.47. The van der Waals surface area contributed by atoms with Gasteiger partial charge in [0.25, 0.3) is 0 Å². The highest BCUT2D eigenvalue weighted by Gasteiger charge is 2.15. The Labute approximate surface area is 107 Å². The van der Waals surface area contributed by atoms with Crippen LogP contribution in [-0.2, 0) is 17.9 Å². The van der Waals surface area contributed by atoms with E-state index in [0.717, 1.165) is 11.3 Å². The minimum absolute atomic E-state index is 0.0389. The van der Waals surface area contributed by atoms with Crippen LogP contribution in [0.25, 0.3) is 0 Å². The van der Waals surface area contributed by atoms with Gasteiger partial charge in [0.2, 0.25) is 0 Å². The van der Waals surface area contributed by atoms with Crippen LogP contribution in [0.4, 0.5) is 4.79 Å². The number of hydrogen-bond donors (Lipinski definition) is 2. The average molecular weight is 252 g/mol. The first-order chi connectivity index (χ1) is 8.30. The van der Waals surface area contributed by atoms with E-state index >= 15 is 0 Å². The fraction of sp³-hybridized carbons (Fsp3) is 0.538. The van der Waals surface area contributed by atoms with Crippen LogP contribution in [0.15, 0.2) is 12.1 Å². The van der Waals surface area contributed by atoms with Crippen LogP contribution in [0.1, 0.15) is 37.7 Å². The van der Waals surface area contributed by atoms with E-state index in [1.54, 1.807) is 32.9 Å². The van der Waals surface area contributed by atoms with Crippen LogP contribution < -0.4 is 5.32 Å². The van der Waals surface area contributed by atoms with Crippen LogP contribution in [-0.4, -0.2) is 21.8 Å². The summed E-state index contributed by atoms with van der Waals surface area (Å²) in [5.74, 6) is 0. The maximum absolute atomic E-state index is 11.5. The SMILES string of the molecule is Cc1cc(CO)cc(CNC(=O)OC(C)(C)C)n1. The van der Waals surface area contributed by atoms with Crippen molar-refractivity contribution in [3.05, 3.63) is 29.1 Å². The van der Waals surface area contributed by atoms with Gasteiger partial charge in [0.1, 0.15) is 5.60 Å². The van der Waals surface area contributed by atoms with Crippen LogP contribution in [0.5, 0.6) is 0 Å². The molecule has 1 rings (SSSR count). The topological polar surface area (TPSA) is 71.5 Å². The third-order valence-corrected chi connectivity index (χ3v) is 2.06. The zero-order valence-corrected chi connectivity index (χ0v) is 11.3. The van der Waals surface area contributed by atoms with Gasteiger partial charge in [-0.1, -0.05) is 0 Å². The number of carbonyl (C=O) groups excluding carboxylic acids is 1. The number of aliphatic hydroxyl groups is 1. The van der Waals surface area contributed by atoms with Crippen molar-refractivity contribution in [1.29, 1.82) is 0 Å². The van der Waals surface area contributed by atoms with Gasteiger partial charge in [-0.05, 0) is 45.4 Å². The number of nitrogens with one attached hydrogen (secondary N) is 1. The first kappa shape index (κ1) is 14.4. The monoisotopic (exact) mass is 252 g/mol. The summed E-state index contributed by atoms with van der Waals surface area (Å²) in [6.45, 7) is 7.51. The normalized spacial score (nSPS) is 11.2. The summed E-state index contributed by atoms with van der Waals surface area (Å²) in [7, 11) is 0. The zero-order chi connectivity index (χ0) is 13.8. The Bertz CT molecular complexity index is 425. The average Bonchev–Trinajstić information content (AvgIpc) is 2.23. The van der Waals surface area contributed by atoms with Gasteiger partial charge in [-0.25, -0.2) is 4.79 Å². The van der Waals surface area contributed by atoms with Crippen LogP contribution in [0, 0.1) is 6.92 Å². The molecule has 5 heteroatoms. The van der Waals surface area contributed by atoms with Crippen molar-refractivity contribution in [2.45, 2.75) is 46.4 Å². The molecule has 0 radical (unpaired) electrons. The molecule has 0 atom stereocenters. The molecule has 18 heavy (non-hydrogen) atoms. The Hall–Kier alpha value is -1.62. The molecule has 0 saturated heterocycles. The summed E-state index contributed by atoms with van der Waals surface area (Å²) in [5, 5.41) is 11.7. The van der Waals surface area contributed by atoms with E-state index in [0.29, 0.717) is 5.69 Å². The molecule has 0 fully saturated rings. The highest BCUT2D eigenvalue weighted by atomic mass is 16.6. The van der Waals surface area contributed by atoms with Gasteiger partial charge in [0, 0.05) is 5.69 Å². The lowest BCUT2D eigenvalue weighted by Crippen LogP contribution is -2.32. The first-order valence-electron chi connectivity index (χ1n) is 5.84. The quantitative estimate of drug-likeness (QED) is 0.862. The minimum Gasteiger partial charge on any atom is -0.444 e. The summed E-state index contributed by atoms with van der Waals surface area (Å²) in [6.07, 6.45) is -0.476. The molecule has 5 nitrogen and oxygen atoms in total.